The zero-order chi connectivity index (χ0) is 17.9. The largest absolute Gasteiger partial charge is 0.348 e. The van der Waals surface area contributed by atoms with Gasteiger partial charge in [0.2, 0.25) is 0 Å². The van der Waals surface area contributed by atoms with Gasteiger partial charge in [-0.1, -0.05) is 12.1 Å². The summed E-state index contributed by atoms with van der Waals surface area (Å²) in [6.07, 6.45) is 3.39. The molecule has 4 rings (SSSR count). The second kappa shape index (κ2) is 6.93. The molecule has 6 heteroatoms. The van der Waals surface area contributed by atoms with Gasteiger partial charge in [0.15, 0.2) is 0 Å². The minimum Gasteiger partial charge on any atom is -0.348 e. The number of nitrogens with one attached hydrogen (secondary N) is 3. The summed E-state index contributed by atoms with van der Waals surface area (Å²) >= 11 is 0. The van der Waals surface area contributed by atoms with E-state index in [-0.39, 0.29) is 17.8 Å². The van der Waals surface area contributed by atoms with Crippen LogP contribution in [0.1, 0.15) is 33.1 Å². The first-order chi connectivity index (χ1) is 12.7. The number of nitrogens with zero attached hydrogens (tertiary/aromatic N) is 1. The summed E-state index contributed by atoms with van der Waals surface area (Å²) in [5.41, 5.74) is 10.6. The van der Waals surface area contributed by atoms with Crippen molar-refractivity contribution in [1.29, 1.82) is 0 Å². The molecule has 0 bridgehead atoms. The number of halogens is 1. The van der Waals surface area contributed by atoms with Gasteiger partial charge >= 0.3 is 0 Å². The van der Waals surface area contributed by atoms with E-state index in [2.05, 4.69) is 21.2 Å². The van der Waals surface area contributed by atoms with Crippen LogP contribution in [0.25, 0.3) is 0 Å². The molecule has 0 fully saturated rings. The van der Waals surface area contributed by atoms with Gasteiger partial charge < -0.3 is 10.7 Å². The Morgan fingerprint density at radius 2 is 1.85 bits per heavy atom. The van der Waals surface area contributed by atoms with E-state index >= 15 is 0 Å². The van der Waals surface area contributed by atoms with Gasteiger partial charge in [0.1, 0.15) is 5.82 Å². The highest BCUT2D eigenvalue weighted by molar-refractivity contribution is 5.95. The molecule has 0 saturated heterocycles. The molecular weight excluding hydrogens is 331 g/mol. The van der Waals surface area contributed by atoms with Crippen molar-refractivity contribution in [2.45, 2.75) is 12.6 Å². The third kappa shape index (κ3) is 3.27. The highest BCUT2D eigenvalue weighted by atomic mass is 19.1. The fraction of sp³-hybridized carbons (Fsp3) is 0.100. The van der Waals surface area contributed by atoms with E-state index < -0.39 is 0 Å². The van der Waals surface area contributed by atoms with Crippen molar-refractivity contribution in [1.82, 2.24) is 15.7 Å². The van der Waals surface area contributed by atoms with Crippen LogP contribution in [0.3, 0.4) is 0 Å². The number of hydrogen-bond donors (Lipinski definition) is 3. The Labute approximate surface area is 150 Å². The zero-order valence-corrected chi connectivity index (χ0v) is 13.9. The molecular formula is C20H17FN4O. The van der Waals surface area contributed by atoms with Crippen molar-refractivity contribution >= 4 is 11.6 Å². The number of rotatable bonds is 4. The molecule has 1 aromatic heterocycles. The first kappa shape index (κ1) is 16.2. The Kier molecular flexibility index (Phi) is 4.33. The van der Waals surface area contributed by atoms with Gasteiger partial charge in [-0.3, -0.25) is 9.78 Å². The third-order valence-electron chi connectivity index (χ3n) is 4.38. The molecule has 1 aliphatic rings. The number of carbonyl (C=O) groups excluding carboxylic acids is 1. The predicted molar refractivity (Wildman–Crippen MR) is 96.9 cm³/mol. The van der Waals surface area contributed by atoms with Crippen LogP contribution in [0.4, 0.5) is 10.1 Å². The predicted octanol–water partition coefficient (Wildman–Crippen LogP) is 3.17. The molecule has 0 radical (unpaired) electrons. The lowest BCUT2D eigenvalue weighted by atomic mass is 9.97. The van der Waals surface area contributed by atoms with E-state index in [0.717, 1.165) is 22.4 Å². The molecule has 1 unspecified atom stereocenters. The van der Waals surface area contributed by atoms with Crippen molar-refractivity contribution in [3.05, 3.63) is 95.1 Å². The standard InChI is InChI=1S/C20H17FN4O/c21-16-4-1-14(2-5-16)19-17-11-15(3-6-18(17)24-25-19)20(26)23-12-13-7-9-22-10-8-13/h1-11,19,24-25H,12H2,(H,23,26). The van der Waals surface area contributed by atoms with E-state index in [4.69, 9.17) is 0 Å². The third-order valence-corrected chi connectivity index (χ3v) is 4.38. The molecule has 1 atom stereocenters. The van der Waals surface area contributed by atoms with Crippen LogP contribution >= 0.6 is 0 Å². The highest BCUT2D eigenvalue weighted by Crippen LogP contribution is 2.33. The number of pyridine rings is 1. The number of aromatic nitrogens is 1. The Balaban J connectivity index is 1.53. The van der Waals surface area contributed by atoms with E-state index in [1.165, 1.54) is 12.1 Å². The van der Waals surface area contributed by atoms with E-state index in [0.29, 0.717) is 12.1 Å². The molecule has 0 saturated carbocycles. The van der Waals surface area contributed by atoms with Crippen LogP contribution in [-0.2, 0) is 6.54 Å². The van der Waals surface area contributed by atoms with Gasteiger partial charge in [-0.2, -0.15) is 0 Å². The van der Waals surface area contributed by atoms with Crippen LogP contribution in [0.2, 0.25) is 0 Å². The van der Waals surface area contributed by atoms with Crippen LogP contribution in [-0.4, -0.2) is 10.9 Å². The highest BCUT2D eigenvalue weighted by Gasteiger charge is 2.24. The number of anilines is 1. The summed E-state index contributed by atoms with van der Waals surface area (Å²) < 4.78 is 13.2. The molecule has 3 N–H and O–H groups in total. The Morgan fingerprint density at radius 1 is 1.08 bits per heavy atom. The molecule has 130 valence electrons. The topological polar surface area (TPSA) is 66.0 Å². The maximum absolute atomic E-state index is 13.2. The van der Waals surface area contributed by atoms with E-state index in [1.807, 2.05) is 24.3 Å². The average molecular weight is 348 g/mol. The Morgan fingerprint density at radius 3 is 2.62 bits per heavy atom. The van der Waals surface area contributed by atoms with Crippen molar-refractivity contribution in [3.8, 4) is 0 Å². The molecule has 0 spiro atoms. The minimum atomic E-state index is -0.274. The average Bonchev–Trinajstić information content (AvgIpc) is 3.11. The fourth-order valence-corrected chi connectivity index (χ4v) is 2.99. The molecule has 1 amide bonds. The second-order valence-corrected chi connectivity index (χ2v) is 6.09. The minimum absolute atomic E-state index is 0.140. The lowest BCUT2D eigenvalue weighted by Crippen LogP contribution is -2.23. The van der Waals surface area contributed by atoms with Crippen molar-refractivity contribution in [2.75, 3.05) is 5.43 Å². The number of benzene rings is 2. The van der Waals surface area contributed by atoms with Gasteiger partial charge in [-0.05, 0) is 53.6 Å². The molecule has 2 aromatic carbocycles. The molecule has 1 aliphatic heterocycles. The molecule has 26 heavy (non-hydrogen) atoms. The summed E-state index contributed by atoms with van der Waals surface area (Å²) in [5.74, 6) is -0.418. The van der Waals surface area contributed by atoms with Gasteiger partial charge in [0, 0.05) is 30.1 Å². The number of fused-ring (bicyclic) bond motifs is 1. The van der Waals surface area contributed by atoms with Gasteiger partial charge in [-0.25, -0.2) is 9.82 Å². The summed E-state index contributed by atoms with van der Waals surface area (Å²) in [5, 5.41) is 2.91. The summed E-state index contributed by atoms with van der Waals surface area (Å²) in [6, 6.07) is 15.4. The van der Waals surface area contributed by atoms with Gasteiger partial charge in [-0.15, -0.1) is 0 Å². The quantitative estimate of drug-likeness (QED) is 0.678. The van der Waals surface area contributed by atoms with Crippen LogP contribution in [0, 0.1) is 5.82 Å². The van der Waals surface area contributed by atoms with Crippen molar-refractivity contribution < 1.29 is 9.18 Å². The number of carbonyl (C=O) groups is 1. The van der Waals surface area contributed by atoms with Gasteiger partial charge in [0.25, 0.3) is 5.91 Å². The van der Waals surface area contributed by atoms with Crippen molar-refractivity contribution in [2.24, 2.45) is 0 Å². The lowest BCUT2D eigenvalue weighted by Gasteiger charge is -2.12. The van der Waals surface area contributed by atoms with Crippen LogP contribution in [0.15, 0.2) is 67.0 Å². The zero-order valence-electron chi connectivity index (χ0n) is 13.9. The summed E-state index contributed by atoms with van der Waals surface area (Å²) in [7, 11) is 0. The van der Waals surface area contributed by atoms with Crippen LogP contribution in [0.5, 0.6) is 0 Å². The fourth-order valence-electron chi connectivity index (χ4n) is 2.99. The molecule has 2 heterocycles. The van der Waals surface area contributed by atoms with Gasteiger partial charge in [0.05, 0.1) is 11.7 Å². The number of hydrogen-bond acceptors (Lipinski definition) is 4. The maximum Gasteiger partial charge on any atom is 0.251 e. The first-order valence-electron chi connectivity index (χ1n) is 8.29. The summed E-state index contributed by atoms with van der Waals surface area (Å²) in [6.45, 7) is 0.441. The van der Waals surface area contributed by atoms with E-state index in [1.54, 1.807) is 30.6 Å². The number of hydrazine groups is 1. The molecule has 0 aliphatic carbocycles. The first-order valence-corrected chi connectivity index (χ1v) is 8.29. The monoisotopic (exact) mass is 348 g/mol. The lowest BCUT2D eigenvalue weighted by molar-refractivity contribution is 0.0951. The number of amides is 1. The SMILES string of the molecule is O=C(NCc1ccncc1)c1ccc2c(c1)C(c1ccc(F)cc1)NN2. The van der Waals surface area contributed by atoms with Crippen LogP contribution < -0.4 is 16.2 Å². The summed E-state index contributed by atoms with van der Waals surface area (Å²) in [4.78, 5) is 16.5. The normalized spacial score (nSPS) is 15.2. The Bertz CT molecular complexity index is 928. The van der Waals surface area contributed by atoms with Crippen molar-refractivity contribution in [3.63, 3.8) is 0 Å². The molecule has 3 aromatic rings. The van der Waals surface area contributed by atoms with E-state index in [9.17, 15) is 9.18 Å². The molecule has 5 nitrogen and oxygen atoms in total. The maximum atomic E-state index is 13.2. The Hall–Kier alpha value is -3.25. The smallest absolute Gasteiger partial charge is 0.251 e. The second-order valence-electron chi connectivity index (χ2n) is 6.09.